The van der Waals surface area contributed by atoms with Crippen LogP contribution in [0.2, 0.25) is 0 Å². The van der Waals surface area contributed by atoms with Gasteiger partial charge in [-0.05, 0) is 37.6 Å². The van der Waals surface area contributed by atoms with Gasteiger partial charge in [-0.25, -0.2) is 4.68 Å². The molecule has 0 saturated heterocycles. The summed E-state index contributed by atoms with van der Waals surface area (Å²) < 4.78 is 17.0. The summed E-state index contributed by atoms with van der Waals surface area (Å²) in [6, 6.07) is 7.09. The van der Waals surface area contributed by atoms with Crippen molar-refractivity contribution in [3.8, 4) is 23.3 Å². The van der Waals surface area contributed by atoms with E-state index >= 15 is 0 Å². The van der Waals surface area contributed by atoms with Crippen molar-refractivity contribution in [3.63, 3.8) is 0 Å². The van der Waals surface area contributed by atoms with Crippen LogP contribution in [0.5, 0.6) is 17.2 Å². The van der Waals surface area contributed by atoms with Gasteiger partial charge in [0.25, 0.3) is 5.56 Å². The summed E-state index contributed by atoms with van der Waals surface area (Å²) in [7, 11) is 4.56. The lowest BCUT2D eigenvalue weighted by Crippen LogP contribution is -2.22. The fourth-order valence-electron chi connectivity index (χ4n) is 2.46. The van der Waals surface area contributed by atoms with Crippen molar-refractivity contribution in [2.75, 3.05) is 21.3 Å². The van der Waals surface area contributed by atoms with Crippen LogP contribution in [0.25, 0.3) is 0 Å². The van der Waals surface area contributed by atoms with Gasteiger partial charge in [0.1, 0.15) is 11.6 Å². The number of ether oxygens (including phenoxy) is 3. The van der Waals surface area contributed by atoms with Crippen molar-refractivity contribution < 1.29 is 14.2 Å². The third-order valence-corrected chi connectivity index (χ3v) is 3.68. The molecule has 25 heavy (non-hydrogen) atoms. The van der Waals surface area contributed by atoms with Crippen LogP contribution in [-0.4, -0.2) is 32.2 Å². The maximum Gasteiger partial charge on any atom is 0.289 e. The molecule has 0 aliphatic rings. The second kappa shape index (κ2) is 7.53. The quantitative estimate of drug-likeness (QED) is 0.779. The van der Waals surface area contributed by atoms with Crippen LogP contribution in [0.15, 0.2) is 28.1 Å². The fourth-order valence-corrected chi connectivity index (χ4v) is 2.46. The second-order valence-corrected chi connectivity index (χ2v) is 5.28. The number of hydrogen-bond donors (Lipinski definition) is 0. The summed E-state index contributed by atoms with van der Waals surface area (Å²) in [4.78, 5) is 12.4. The standard InChI is InChI=1S/C18H19N3O4/c1-11-6-12(2)21(18(22)14(11)9-19)20-10-13-7-15(23-3)17(25-5)16(8-13)24-4/h6-8,10H,1-5H3/b20-10+. The highest BCUT2D eigenvalue weighted by Gasteiger charge is 2.13. The predicted molar refractivity (Wildman–Crippen MR) is 94.0 cm³/mol. The molecule has 0 atom stereocenters. The maximum atomic E-state index is 12.4. The lowest BCUT2D eigenvalue weighted by Gasteiger charge is -2.12. The number of pyridine rings is 1. The molecule has 1 aromatic heterocycles. The fraction of sp³-hybridized carbons (Fsp3) is 0.278. The molecular weight excluding hydrogens is 322 g/mol. The zero-order chi connectivity index (χ0) is 18.6. The number of hydrogen-bond acceptors (Lipinski definition) is 6. The van der Waals surface area contributed by atoms with Gasteiger partial charge in [-0.15, -0.1) is 0 Å². The SMILES string of the molecule is COc1cc(/C=N/n2c(C)cc(C)c(C#N)c2=O)cc(OC)c1OC. The van der Waals surface area contributed by atoms with Gasteiger partial charge in [0, 0.05) is 11.3 Å². The third kappa shape index (κ3) is 3.48. The van der Waals surface area contributed by atoms with Gasteiger partial charge in [-0.3, -0.25) is 4.79 Å². The Morgan fingerprint density at radius 3 is 2.16 bits per heavy atom. The summed E-state index contributed by atoms with van der Waals surface area (Å²) in [6.45, 7) is 3.47. The van der Waals surface area contributed by atoms with Gasteiger partial charge in [-0.1, -0.05) is 0 Å². The lowest BCUT2D eigenvalue weighted by molar-refractivity contribution is 0.324. The highest BCUT2D eigenvalue weighted by molar-refractivity contribution is 5.82. The maximum absolute atomic E-state index is 12.4. The van der Waals surface area contributed by atoms with Crippen LogP contribution in [0.4, 0.5) is 0 Å². The molecule has 1 heterocycles. The van der Waals surface area contributed by atoms with E-state index in [1.807, 2.05) is 6.07 Å². The van der Waals surface area contributed by atoms with E-state index in [9.17, 15) is 4.79 Å². The Morgan fingerprint density at radius 1 is 1.08 bits per heavy atom. The number of rotatable bonds is 5. The van der Waals surface area contributed by atoms with Gasteiger partial charge < -0.3 is 14.2 Å². The average molecular weight is 341 g/mol. The van der Waals surface area contributed by atoms with Gasteiger partial charge >= 0.3 is 0 Å². The Morgan fingerprint density at radius 2 is 1.68 bits per heavy atom. The normalized spacial score (nSPS) is 10.6. The molecule has 0 N–H and O–H groups in total. The molecule has 0 aliphatic carbocycles. The minimum atomic E-state index is -0.455. The van der Waals surface area contributed by atoms with Gasteiger partial charge in [-0.2, -0.15) is 10.4 Å². The number of methoxy groups -OCH3 is 3. The number of benzene rings is 1. The Kier molecular flexibility index (Phi) is 5.45. The van der Waals surface area contributed by atoms with Crippen molar-refractivity contribution in [3.05, 3.63) is 50.9 Å². The van der Waals surface area contributed by atoms with Crippen molar-refractivity contribution in [1.29, 1.82) is 5.26 Å². The first-order chi connectivity index (χ1) is 12.0. The van der Waals surface area contributed by atoms with E-state index in [1.165, 1.54) is 32.2 Å². The second-order valence-electron chi connectivity index (χ2n) is 5.28. The zero-order valence-electron chi connectivity index (χ0n) is 14.8. The average Bonchev–Trinajstić information content (AvgIpc) is 2.60. The van der Waals surface area contributed by atoms with Crippen molar-refractivity contribution in [1.82, 2.24) is 4.68 Å². The zero-order valence-corrected chi connectivity index (χ0v) is 14.8. The van der Waals surface area contributed by atoms with Crippen LogP contribution in [0.1, 0.15) is 22.4 Å². The lowest BCUT2D eigenvalue weighted by atomic mass is 10.1. The minimum absolute atomic E-state index is 0.0765. The Hall–Kier alpha value is -3.27. The number of nitriles is 1. The van der Waals surface area contributed by atoms with Crippen LogP contribution >= 0.6 is 0 Å². The smallest absolute Gasteiger partial charge is 0.289 e. The first kappa shape index (κ1) is 18.1. The summed E-state index contributed by atoms with van der Waals surface area (Å²) in [5, 5.41) is 13.3. The Labute approximate surface area is 145 Å². The van der Waals surface area contributed by atoms with Crippen molar-refractivity contribution in [2.24, 2.45) is 5.10 Å². The molecule has 7 heteroatoms. The van der Waals surface area contributed by atoms with E-state index in [2.05, 4.69) is 5.10 Å². The molecule has 2 rings (SSSR count). The van der Waals surface area contributed by atoms with Crippen LogP contribution < -0.4 is 19.8 Å². The van der Waals surface area contributed by atoms with Crippen molar-refractivity contribution >= 4 is 6.21 Å². The van der Waals surface area contributed by atoms with Crippen LogP contribution in [0, 0.1) is 25.2 Å². The van der Waals surface area contributed by atoms with E-state index in [-0.39, 0.29) is 5.56 Å². The monoisotopic (exact) mass is 341 g/mol. The third-order valence-electron chi connectivity index (χ3n) is 3.68. The Balaban J connectivity index is 2.54. The summed E-state index contributed by atoms with van der Waals surface area (Å²) in [6.07, 6.45) is 1.50. The largest absolute Gasteiger partial charge is 0.493 e. The van der Waals surface area contributed by atoms with E-state index in [0.717, 1.165) is 0 Å². The molecule has 0 aliphatic heterocycles. The molecule has 0 fully saturated rings. The molecule has 2 aromatic rings. The van der Waals surface area contributed by atoms with Crippen LogP contribution in [0.3, 0.4) is 0 Å². The van der Waals surface area contributed by atoms with E-state index in [4.69, 9.17) is 19.5 Å². The van der Waals surface area contributed by atoms with Gasteiger partial charge in [0.05, 0.1) is 27.5 Å². The molecule has 130 valence electrons. The molecule has 7 nitrogen and oxygen atoms in total. The van der Waals surface area contributed by atoms with Crippen LogP contribution in [-0.2, 0) is 0 Å². The highest BCUT2D eigenvalue weighted by Crippen LogP contribution is 2.37. The number of aromatic nitrogens is 1. The van der Waals surface area contributed by atoms with E-state index in [1.54, 1.807) is 32.0 Å². The molecule has 0 unspecified atom stereocenters. The molecule has 0 amide bonds. The highest BCUT2D eigenvalue weighted by atomic mass is 16.5. The van der Waals surface area contributed by atoms with Gasteiger partial charge in [0.15, 0.2) is 11.5 Å². The molecule has 0 bridgehead atoms. The topological polar surface area (TPSA) is 85.8 Å². The first-order valence-corrected chi connectivity index (χ1v) is 7.44. The molecule has 0 saturated carbocycles. The predicted octanol–water partition coefficient (Wildman–Crippen LogP) is 2.24. The Bertz CT molecular complexity index is 898. The molecule has 0 radical (unpaired) electrons. The van der Waals surface area contributed by atoms with E-state index in [0.29, 0.717) is 34.1 Å². The first-order valence-electron chi connectivity index (χ1n) is 7.44. The number of nitrogens with zero attached hydrogens (tertiary/aromatic N) is 3. The summed E-state index contributed by atoms with van der Waals surface area (Å²) >= 11 is 0. The van der Waals surface area contributed by atoms with Gasteiger partial charge in [0.2, 0.25) is 5.75 Å². The summed E-state index contributed by atoms with van der Waals surface area (Å²) in [5.41, 5.74) is 1.53. The van der Waals surface area contributed by atoms with E-state index < -0.39 is 5.56 Å². The summed E-state index contributed by atoms with van der Waals surface area (Å²) in [5.74, 6) is 1.43. The molecular formula is C18H19N3O4. The van der Waals surface area contributed by atoms with Crippen molar-refractivity contribution in [2.45, 2.75) is 13.8 Å². The minimum Gasteiger partial charge on any atom is -0.493 e. The molecule has 1 aromatic carbocycles. The molecule has 0 spiro atoms. The number of aryl methyl sites for hydroxylation is 2.